The number of hydrogen-bond acceptors (Lipinski definition) is 1. The van der Waals surface area contributed by atoms with Gasteiger partial charge in [-0.15, -0.1) is 0 Å². The lowest BCUT2D eigenvalue weighted by Gasteiger charge is -2.14. The van der Waals surface area contributed by atoms with Gasteiger partial charge in [-0.1, -0.05) is 23.7 Å². The molecule has 0 spiro atoms. The number of aliphatic hydroxyl groups is 1. The zero-order valence-corrected chi connectivity index (χ0v) is 11.4. The highest BCUT2D eigenvalue weighted by Gasteiger charge is 2.30. The van der Waals surface area contributed by atoms with Gasteiger partial charge in [0.1, 0.15) is 5.82 Å². The standard InChI is InChI=1S/C15H11ClF4O/c16-13-5-4-12(17)7-10(13)8-14(21)9-2-1-3-11(6-9)15(18,19)20/h1-7,14,21H,8H2. The lowest BCUT2D eigenvalue weighted by molar-refractivity contribution is -0.137. The molecule has 0 saturated carbocycles. The summed E-state index contributed by atoms with van der Waals surface area (Å²) in [5, 5.41) is 10.3. The first-order valence-electron chi connectivity index (χ1n) is 6.06. The predicted octanol–water partition coefficient (Wildman–Crippen LogP) is 4.77. The Hall–Kier alpha value is -1.59. The zero-order valence-electron chi connectivity index (χ0n) is 10.7. The second-order valence-electron chi connectivity index (χ2n) is 4.58. The Morgan fingerprint density at radius 3 is 2.48 bits per heavy atom. The predicted molar refractivity (Wildman–Crippen MR) is 71.5 cm³/mol. The first-order chi connectivity index (χ1) is 9.77. The van der Waals surface area contributed by atoms with E-state index in [-0.39, 0.29) is 17.0 Å². The van der Waals surface area contributed by atoms with Gasteiger partial charge in [-0.3, -0.25) is 0 Å². The van der Waals surface area contributed by atoms with Gasteiger partial charge in [-0.25, -0.2) is 4.39 Å². The van der Waals surface area contributed by atoms with E-state index in [1.54, 1.807) is 0 Å². The van der Waals surface area contributed by atoms with Crippen molar-refractivity contribution in [2.75, 3.05) is 0 Å². The summed E-state index contributed by atoms with van der Waals surface area (Å²) in [6.45, 7) is 0. The lowest BCUT2D eigenvalue weighted by Crippen LogP contribution is -2.08. The Bertz CT molecular complexity index is 640. The summed E-state index contributed by atoms with van der Waals surface area (Å²) in [6, 6.07) is 8.05. The third kappa shape index (κ3) is 3.95. The Balaban J connectivity index is 2.24. The minimum absolute atomic E-state index is 0.0715. The number of hydrogen-bond donors (Lipinski definition) is 1. The van der Waals surface area contributed by atoms with E-state index in [9.17, 15) is 22.7 Å². The van der Waals surface area contributed by atoms with E-state index in [0.29, 0.717) is 5.56 Å². The maximum Gasteiger partial charge on any atom is 0.416 e. The van der Waals surface area contributed by atoms with E-state index in [0.717, 1.165) is 18.2 Å². The van der Waals surface area contributed by atoms with Gasteiger partial charge in [0.05, 0.1) is 11.7 Å². The molecule has 1 unspecified atom stereocenters. The molecule has 112 valence electrons. The average molecular weight is 319 g/mol. The summed E-state index contributed by atoms with van der Waals surface area (Å²) >= 11 is 5.87. The molecule has 0 amide bonds. The first kappa shape index (κ1) is 15.8. The fourth-order valence-corrected chi connectivity index (χ4v) is 2.14. The van der Waals surface area contributed by atoms with Gasteiger partial charge in [0.25, 0.3) is 0 Å². The largest absolute Gasteiger partial charge is 0.416 e. The van der Waals surface area contributed by atoms with Gasteiger partial charge in [0.2, 0.25) is 0 Å². The molecule has 2 aromatic carbocycles. The van der Waals surface area contributed by atoms with Crippen molar-refractivity contribution in [3.63, 3.8) is 0 Å². The maximum atomic E-state index is 13.1. The van der Waals surface area contributed by atoms with Crippen molar-refractivity contribution < 1.29 is 22.7 Å². The highest BCUT2D eigenvalue weighted by atomic mass is 35.5. The van der Waals surface area contributed by atoms with Crippen molar-refractivity contribution in [2.45, 2.75) is 18.7 Å². The Morgan fingerprint density at radius 1 is 1.10 bits per heavy atom. The molecule has 6 heteroatoms. The molecule has 0 aliphatic rings. The molecule has 0 bridgehead atoms. The Labute approximate surface area is 123 Å². The topological polar surface area (TPSA) is 20.2 Å². The van der Waals surface area contributed by atoms with E-state index in [2.05, 4.69) is 0 Å². The van der Waals surface area contributed by atoms with Crippen LogP contribution < -0.4 is 0 Å². The van der Waals surface area contributed by atoms with E-state index in [1.165, 1.54) is 24.3 Å². The normalized spacial score (nSPS) is 13.2. The van der Waals surface area contributed by atoms with Crippen LogP contribution in [0.5, 0.6) is 0 Å². The number of rotatable bonds is 3. The second-order valence-corrected chi connectivity index (χ2v) is 4.99. The fourth-order valence-electron chi connectivity index (χ4n) is 1.95. The summed E-state index contributed by atoms with van der Waals surface area (Å²) < 4.78 is 51.0. The summed E-state index contributed by atoms with van der Waals surface area (Å²) in [5.74, 6) is -0.523. The second kappa shape index (κ2) is 6.03. The van der Waals surface area contributed by atoms with Crippen LogP contribution in [0, 0.1) is 5.82 Å². The Kier molecular flexibility index (Phi) is 4.54. The molecule has 2 aromatic rings. The monoisotopic (exact) mass is 318 g/mol. The number of halogens is 5. The molecule has 0 aromatic heterocycles. The van der Waals surface area contributed by atoms with Crippen molar-refractivity contribution in [1.82, 2.24) is 0 Å². The van der Waals surface area contributed by atoms with E-state index in [4.69, 9.17) is 11.6 Å². The minimum atomic E-state index is -4.48. The van der Waals surface area contributed by atoms with Crippen molar-refractivity contribution in [3.8, 4) is 0 Å². The highest BCUT2D eigenvalue weighted by Crippen LogP contribution is 2.32. The van der Waals surface area contributed by atoms with Crippen LogP contribution in [0.1, 0.15) is 22.8 Å². The van der Waals surface area contributed by atoms with Crippen LogP contribution in [0.3, 0.4) is 0 Å². The van der Waals surface area contributed by atoms with Crippen LogP contribution in [-0.2, 0) is 12.6 Å². The van der Waals surface area contributed by atoms with Crippen LogP contribution in [0.25, 0.3) is 0 Å². The van der Waals surface area contributed by atoms with E-state index < -0.39 is 23.7 Å². The summed E-state index contributed by atoms with van der Waals surface area (Å²) in [4.78, 5) is 0. The van der Waals surface area contributed by atoms with E-state index >= 15 is 0 Å². The van der Waals surface area contributed by atoms with Crippen molar-refractivity contribution >= 4 is 11.6 Å². The highest BCUT2D eigenvalue weighted by molar-refractivity contribution is 6.31. The summed E-state index contributed by atoms with van der Waals surface area (Å²) in [6.07, 6.45) is -5.75. The number of benzene rings is 2. The molecule has 0 aliphatic heterocycles. The quantitative estimate of drug-likeness (QED) is 0.808. The molecule has 1 atom stereocenters. The lowest BCUT2D eigenvalue weighted by atomic mass is 9.99. The van der Waals surface area contributed by atoms with Gasteiger partial charge < -0.3 is 5.11 Å². The minimum Gasteiger partial charge on any atom is -0.388 e. The molecule has 1 nitrogen and oxygen atoms in total. The van der Waals surface area contributed by atoms with Crippen molar-refractivity contribution in [3.05, 3.63) is 70.0 Å². The zero-order chi connectivity index (χ0) is 15.6. The molecule has 0 fully saturated rings. The molecular weight excluding hydrogens is 308 g/mol. The smallest absolute Gasteiger partial charge is 0.388 e. The molecule has 1 N–H and O–H groups in total. The van der Waals surface area contributed by atoms with Crippen LogP contribution in [-0.4, -0.2) is 5.11 Å². The average Bonchev–Trinajstić information content (AvgIpc) is 2.42. The number of aliphatic hydroxyl groups excluding tert-OH is 1. The molecule has 0 radical (unpaired) electrons. The molecule has 0 saturated heterocycles. The first-order valence-corrected chi connectivity index (χ1v) is 6.44. The summed E-state index contributed by atoms with van der Waals surface area (Å²) in [5.41, 5.74) is -0.406. The van der Waals surface area contributed by atoms with Gasteiger partial charge in [-0.05, 0) is 41.5 Å². The van der Waals surface area contributed by atoms with Gasteiger partial charge in [-0.2, -0.15) is 13.2 Å². The van der Waals surface area contributed by atoms with Crippen molar-refractivity contribution in [1.29, 1.82) is 0 Å². The third-order valence-electron chi connectivity index (χ3n) is 3.02. The molecule has 0 aliphatic carbocycles. The Morgan fingerprint density at radius 2 is 1.81 bits per heavy atom. The van der Waals surface area contributed by atoms with Crippen LogP contribution >= 0.6 is 11.6 Å². The van der Waals surface area contributed by atoms with E-state index in [1.807, 2.05) is 0 Å². The van der Waals surface area contributed by atoms with Crippen LogP contribution in [0.2, 0.25) is 5.02 Å². The molecular formula is C15H11ClF4O. The van der Waals surface area contributed by atoms with Gasteiger partial charge >= 0.3 is 6.18 Å². The van der Waals surface area contributed by atoms with Crippen LogP contribution in [0.15, 0.2) is 42.5 Å². The van der Waals surface area contributed by atoms with Crippen molar-refractivity contribution in [2.24, 2.45) is 0 Å². The third-order valence-corrected chi connectivity index (χ3v) is 3.39. The summed E-state index contributed by atoms with van der Waals surface area (Å²) in [7, 11) is 0. The molecule has 21 heavy (non-hydrogen) atoms. The molecule has 0 heterocycles. The SMILES string of the molecule is OC(Cc1cc(F)ccc1Cl)c1cccc(C(F)(F)F)c1. The molecule has 2 rings (SSSR count). The van der Waals surface area contributed by atoms with Gasteiger partial charge in [0.15, 0.2) is 0 Å². The number of alkyl halides is 3. The maximum absolute atomic E-state index is 13.1. The van der Waals surface area contributed by atoms with Crippen LogP contribution in [0.4, 0.5) is 17.6 Å². The van der Waals surface area contributed by atoms with Gasteiger partial charge in [0, 0.05) is 11.4 Å². The fraction of sp³-hybridized carbons (Fsp3) is 0.200.